The lowest BCUT2D eigenvalue weighted by Gasteiger charge is -2.16. The molecule has 106 valence electrons. The quantitative estimate of drug-likeness (QED) is 0.817. The Morgan fingerprint density at radius 3 is 2.70 bits per heavy atom. The van der Waals surface area contributed by atoms with E-state index in [-0.39, 0.29) is 11.9 Å². The first kappa shape index (κ1) is 15.1. The molecule has 1 aromatic heterocycles. The van der Waals surface area contributed by atoms with Gasteiger partial charge in [0.05, 0.1) is 6.04 Å². The van der Waals surface area contributed by atoms with Crippen molar-refractivity contribution in [3.05, 3.63) is 44.6 Å². The van der Waals surface area contributed by atoms with Crippen molar-refractivity contribution >= 4 is 44.5 Å². The van der Waals surface area contributed by atoms with Crippen LogP contribution in [-0.2, 0) is 4.79 Å². The number of halogens is 1. The van der Waals surface area contributed by atoms with Crippen LogP contribution in [0.25, 0.3) is 0 Å². The van der Waals surface area contributed by atoms with E-state index < -0.39 is 0 Å². The first-order valence-electron chi connectivity index (χ1n) is 6.35. The molecule has 3 nitrogen and oxygen atoms in total. The van der Waals surface area contributed by atoms with Crippen LogP contribution in [-0.4, -0.2) is 5.91 Å². The van der Waals surface area contributed by atoms with Crippen LogP contribution in [0.4, 0.5) is 11.4 Å². The van der Waals surface area contributed by atoms with Crippen LogP contribution in [0.15, 0.2) is 34.1 Å². The van der Waals surface area contributed by atoms with E-state index in [2.05, 4.69) is 44.9 Å². The Kier molecular flexibility index (Phi) is 4.83. The highest BCUT2D eigenvalue weighted by Crippen LogP contribution is 2.31. The largest absolute Gasteiger partial charge is 0.378 e. The summed E-state index contributed by atoms with van der Waals surface area (Å²) in [5.74, 6) is -0.0562. The van der Waals surface area contributed by atoms with Gasteiger partial charge < -0.3 is 10.6 Å². The minimum atomic E-state index is -0.0562. The average Bonchev–Trinajstić information content (AvgIpc) is 2.79. The molecular formula is C15H17BrN2OS. The number of rotatable bonds is 4. The fraction of sp³-hybridized carbons (Fsp3) is 0.267. The number of carbonyl (C=O) groups is 1. The number of hydrogen-bond donors (Lipinski definition) is 2. The van der Waals surface area contributed by atoms with Crippen LogP contribution in [0.3, 0.4) is 0 Å². The van der Waals surface area contributed by atoms with Crippen molar-refractivity contribution in [2.75, 3.05) is 10.6 Å². The molecule has 5 heteroatoms. The minimum Gasteiger partial charge on any atom is -0.378 e. The molecule has 0 radical (unpaired) electrons. The molecule has 1 unspecified atom stereocenters. The van der Waals surface area contributed by atoms with Crippen molar-refractivity contribution in [3.63, 3.8) is 0 Å². The highest BCUT2D eigenvalue weighted by Gasteiger charge is 2.11. The van der Waals surface area contributed by atoms with Crippen LogP contribution in [0.1, 0.15) is 30.3 Å². The van der Waals surface area contributed by atoms with Crippen LogP contribution in [0.5, 0.6) is 0 Å². The standard InChI is InChI=1S/C15H17BrN2OS/c1-9-4-5-12(8-14(9)18-11(3)19)17-10(2)15-13(16)6-7-20-15/h4-8,10,17H,1-3H3,(H,18,19). The summed E-state index contributed by atoms with van der Waals surface area (Å²) < 4.78 is 1.12. The topological polar surface area (TPSA) is 41.1 Å². The second-order valence-electron chi connectivity index (χ2n) is 4.71. The Balaban J connectivity index is 2.17. The first-order chi connectivity index (χ1) is 9.47. The summed E-state index contributed by atoms with van der Waals surface area (Å²) in [6.07, 6.45) is 0. The molecule has 0 aliphatic rings. The smallest absolute Gasteiger partial charge is 0.221 e. The van der Waals surface area contributed by atoms with Gasteiger partial charge in [0.25, 0.3) is 0 Å². The lowest BCUT2D eigenvalue weighted by atomic mass is 10.1. The zero-order chi connectivity index (χ0) is 14.7. The van der Waals surface area contributed by atoms with Crippen LogP contribution in [0, 0.1) is 6.92 Å². The SMILES string of the molecule is CC(=O)Nc1cc(NC(C)c2sccc2Br)ccc1C. The molecule has 2 aromatic rings. The molecule has 0 spiro atoms. The number of hydrogen-bond acceptors (Lipinski definition) is 3. The Bertz CT molecular complexity index is 624. The summed E-state index contributed by atoms with van der Waals surface area (Å²) in [5, 5.41) is 8.37. The number of carbonyl (C=O) groups excluding carboxylic acids is 1. The monoisotopic (exact) mass is 352 g/mol. The van der Waals surface area contributed by atoms with E-state index in [0.29, 0.717) is 0 Å². The van der Waals surface area contributed by atoms with Gasteiger partial charge in [-0.15, -0.1) is 11.3 Å². The van der Waals surface area contributed by atoms with E-state index in [9.17, 15) is 4.79 Å². The summed E-state index contributed by atoms with van der Waals surface area (Å²) in [7, 11) is 0. The zero-order valence-corrected chi connectivity index (χ0v) is 14.1. The predicted molar refractivity (Wildman–Crippen MR) is 89.5 cm³/mol. The Morgan fingerprint density at radius 2 is 2.10 bits per heavy atom. The fourth-order valence-electron chi connectivity index (χ4n) is 1.97. The number of anilines is 2. The molecule has 1 aromatic carbocycles. The van der Waals surface area contributed by atoms with Gasteiger partial charge in [-0.3, -0.25) is 4.79 Å². The maximum atomic E-state index is 11.2. The highest BCUT2D eigenvalue weighted by molar-refractivity contribution is 9.10. The van der Waals surface area contributed by atoms with Crippen molar-refractivity contribution in [2.24, 2.45) is 0 Å². The van der Waals surface area contributed by atoms with Crippen LogP contribution in [0.2, 0.25) is 0 Å². The normalized spacial score (nSPS) is 12.0. The van der Waals surface area contributed by atoms with Crippen molar-refractivity contribution in [3.8, 4) is 0 Å². The summed E-state index contributed by atoms with van der Waals surface area (Å²) in [5.41, 5.74) is 2.89. The van der Waals surface area contributed by atoms with Gasteiger partial charge >= 0.3 is 0 Å². The van der Waals surface area contributed by atoms with Gasteiger partial charge in [-0.1, -0.05) is 6.07 Å². The third kappa shape index (κ3) is 3.61. The lowest BCUT2D eigenvalue weighted by Crippen LogP contribution is -2.09. The van der Waals surface area contributed by atoms with E-state index in [1.54, 1.807) is 11.3 Å². The minimum absolute atomic E-state index is 0.0562. The number of benzene rings is 1. The van der Waals surface area contributed by atoms with Crippen molar-refractivity contribution in [2.45, 2.75) is 26.8 Å². The molecule has 1 heterocycles. The number of nitrogens with one attached hydrogen (secondary N) is 2. The molecule has 0 saturated heterocycles. The second-order valence-corrected chi connectivity index (χ2v) is 6.51. The average molecular weight is 353 g/mol. The zero-order valence-electron chi connectivity index (χ0n) is 11.7. The van der Waals surface area contributed by atoms with Gasteiger partial charge in [0.15, 0.2) is 0 Å². The first-order valence-corrected chi connectivity index (χ1v) is 8.02. The molecule has 1 amide bonds. The molecule has 0 fully saturated rings. The van der Waals surface area contributed by atoms with Crippen molar-refractivity contribution < 1.29 is 4.79 Å². The molecule has 0 bridgehead atoms. The molecule has 0 aliphatic carbocycles. The van der Waals surface area contributed by atoms with Gasteiger partial charge in [-0.25, -0.2) is 0 Å². The van der Waals surface area contributed by atoms with Crippen molar-refractivity contribution in [1.29, 1.82) is 0 Å². The number of amides is 1. The maximum Gasteiger partial charge on any atom is 0.221 e. The summed E-state index contributed by atoms with van der Waals surface area (Å²) in [4.78, 5) is 12.5. The van der Waals surface area contributed by atoms with E-state index >= 15 is 0 Å². The van der Waals surface area contributed by atoms with Gasteiger partial charge in [0.2, 0.25) is 5.91 Å². The third-order valence-corrected chi connectivity index (χ3v) is 5.02. The van der Waals surface area contributed by atoms with E-state index in [1.807, 2.05) is 25.1 Å². The maximum absolute atomic E-state index is 11.2. The van der Waals surface area contributed by atoms with E-state index in [0.717, 1.165) is 21.4 Å². The van der Waals surface area contributed by atoms with Gasteiger partial charge in [-0.2, -0.15) is 0 Å². The molecule has 1 atom stereocenters. The van der Waals surface area contributed by atoms with E-state index in [4.69, 9.17) is 0 Å². The molecule has 0 aliphatic heterocycles. The number of thiophene rings is 1. The van der Waals surface area contributed by atoms with Gasteiger partial charge in [-0.05, 0) is 58.9 Å². The second kappa shape index (κ2) is 6.41. The molecule has 2 rings (SSSR count). The molecule has 20 heavy (non-hydrogen) atoms. The third-order valence-electron chi connectivity index (χ3n) is 2.97. The summed E-state index contributed by atoms with van der Waals surface area (Å²) in [6, 6.07) is 8.25. The Labute approximate surface area is 131 Å². The van der Waals surface area contributed by atoms with Crippen molar-refractivity contribution in [1.82, 2.24) is 0 Å². The van der Waals surface area contributed by atoms with E-state index in [1.165, 1.54) is 11.8 Å². The van der Waals surface area contributed by atoms with Crippen LogP contribution >= 0.6 is 27.3 Å². The summed E-state index contributed by atoms with van der Waals surface area (Å²) >= 11 is 5.27. The Morgan fingerprint density at radius 1 is 1.35 bits per heavy atom. The van der Waals surface area contributed by atoms with Gasteiger partial charge in [0.1, 0.15) is 0 Å². The fourth-order valence-corrected chi connectivity index (χ4v) is 3.69. The Hall–Kier alpha value is -1.33. The predicted octanol–water partition coefficient (Wildman–Crippen LogP) is 4.95. The number of aryl methyl sites for hydroxylation is 1. The molecule has 0 saturated carbocycles. The molecular weight excluding hydrogens is 336 g/mol. The molecule has 2 N–H and O–H groups in total. The highest BCUT2D eigenvalue weighted by atomic mass is 79.9. The van der Waals surface area contributed by atoms with Crippen LogP contribution < -0.4 is 10.6 Å². The van der Waals surface area contributed by atoms with Gasteiger partial charge in [0, 0.05) is 27.6 Å². The summed E-state index contributed by atoms with van der Waals surface area (Å²) in [6.45, 7) is 5.62. The lowest BCUT2D eigenvalue weighted by molar-refractivity contribution is -0.114.